The minimum atomic E-state index is -2.81. The van der Waals surface area contributed by atoms with Crippen LogP contribution in [-0.4, -0.2) is 12.7 Å². The summed E-state index contributed by atoms with van der Waals surface area (Å²) in [6, 6.07) is 14.9. The molecule has 2 aromatic carbocycles. The Morgan fingerprint density at radius 1 is 1.14 bits per heavy atom. The fraction of sp³-hybridized carbons (Fsp3) is 0.250. The fourth-order valence-electron chi connectivity index (χ4n) is 2.07. The van der Waals surface area contributed by atoms with E-state index in [0.29, 0.717) is 0 Å². The van der Waals surface area contributed by atoms with Crippen molar-refractivity contribution in [3.05, 3.63) is 58.6 Å². The van der Waals surface area contributed by atoms with Crippen molar-refractivity contribution in [1.82, 2.24) is 0 Å². The molecule has 112 valence electrons. The Labute approximate surface area is 131 Å². The summed E-state index contributed by atoms with van der Waals surface area (Å²) in [6.45, 7) is -0.761. The van der Waals surface area contributed by atoms with Crippen molar-refractivity contribution >= 4 is 21.6 Å². The van der Waals surface area contributed by atoms with E-state index >= 15 is 0 Å². The molecule has 0 heterocycles. The van der Waals surface area contributed by atoms with Crippen LogP contribution in [0.1, 0.15) is 12.5 Å². The van der Waals surface area contributed by atoms with Gasteiger partial charge in [-0.05, 0) is 43.2 Å². The summed E-state index contributed by atoms with van der Waals surface area (Å²) in [5, 5.41) is 3.28. The van der Waals surface area contributed by atoms with Crippen LogP contribution >= 0.6 is 15.9 Å². The predicted octanol–water partition coefficient (Wildman–Crippen LogP) is 5.09. The number of hydrogen-bond acceptors (Lipinski definition) is 2. The molecule has 0 aliphatic carbocycles. The zero-order valence-electron chi connectivity index (χ0n) is 11.5. The molecular formula is C16H16BrF2NO. The van der Waals surface area contributed by atoms with Gasteiger partial charge in [0, 0.05) is 22.3 Å². The normalized spacial score (nSPS) is 12.2. The Morgan fingerprint density at radius 3 is 2.52 bits per heavy atom. The van der Waals surface area contributed by atoms with Crippen LogP contribution in [0.15, 0.2) is 53.0 Å². The number of halogens is 3. The number of hydrogen-bond donors (Lipinski definition) is 1. The number of ether oxygens (including phenoxy) is 1. The van der Waals surface area contributed by atoms with Gasteiger partial charge in [-0.2, -0.15) is 8.78 Å². The molecule has 0 aromatic heterocycles. The van der Waals surface area contributed by atoms with E-state index in [1.807, 2.05) is 25.1 Å². The average Bonchev–Trinajstić information content (AvgIpc) is 2.41. The molecule has 0 spiro atoms. The summed E-state index contributed by atoms with van der Waals surface area (Å²) >= 11 is 3.40. The minimum Gasteiger partial charge on any atom is -0.435 e. The molecule has 1 atom stereocenters. The van der Waals surface area contributed by atoms with E-state index in [1.165, 1.54) is 11.6 Å². The summed E-state index contributed by atoms with van der Waals surface area (Å²) in [4.78, 5) is 0. The number of rotatable bonds is 6. The quantitative estimate of drug-likeness (QED) is 0.778. The summed E-state index contributed by atoms with van der Waals surface area (Å²) in [7, 11) is 0. The van der Waals surface area contributed by atoms with Gasteiger partial charge < -0.3 is 10.1 Å². The molecule has 0 radical (unpaired) electrons. The second-order valence-electron chi connectivity index (χ2n) is 4.78. The largest absolute Gasteiger partial charge is 0.435 e. The van der Waals surface area contributed by atoms with E-state index in [4.69, 9.17) is 0 Å². The summed E-state index contributed by atoms with van der Waals surface area (Å²) in [6.07, 6.45) is 0.840. The van der Waals surface area contributed by atoms with E-state index in [9.17, 15) is 8.78 Å². The molecule has 1 unspecified atom stereocenters. The molecule has 0 amide bonds. The molecule has 5 heteroatoms. The second-order valence-corrected chi connectivity index (χ2v) is 5.70. The van der Waals surface area contributed by atoms with Crippen LogP contribution in [0, 0.1) is 0 Å². The van der Waals surface area contributed by atoms with Gasteiger partial charge in [-0.15, -0.1) is 0 Å². The molecule has 1 N–H and O–H groups in total. The molecule has 0 fully saturated rings. The predicted molar refractivity (Wildman–Crippen MR) is 84.0 cm³/mol. The lowest BCUT2D eigenvalue weighted by Gasteiger charge is -2.16. The zero-order chi connectivity index (χ0) is 15.2. The van der Waals surface area contributed by atoms with Gasteiger partial charge in [0.25, 0.3) is 0 Å². The van der Waals surface area contributed by atoms with Gasteiger partial charge in [0.2, 0.25) is 0 Å². The standard InChI is InChI=1S/C16H16BrF2NO/c1-11(9-12-5-7-13(17)8-6-12)20-14-3-2-4-15(10-14)21-16(18)19/h2-8,10-11,16,20H,9H2,1H3. The first-order valence-corrected chi connectivity index (χ1v) is 7.38. The van der Waals surface area contributed by atoms with Crippen molar-refractivity contribution in [3.63, 3.8) is 0 Å². The van der Waals surface area contributed by atoms with Crippen molar-refractivity contribution in [2.75, 3.05) is 5.32 Å². The highest BCUT2D eigenvalue weighted by Gasteiger charge is 2.07. The van der Waals surface area contributed by atoms with Gasteiger partial charge in [-0.3, -0.25) is 0 Å². The topological polar surface area (TPSA) is 21.3 Å². The third-order valence-electron chi connectivity index (χ3n) is 2.93. The molecular weight excluding hydrogens is 340 g/mol. The van der Waals surface area contributed by atoms with Gasteiger partial charge in [0.05, 0.1) is 0 Å². The first-order chi connectivity index (χ1) is 10.0. The van der Waals surface area contributed by atoms with Crippen LogP contribution in [0.5, 0.6) is 5.75 Å². The van der Waals surface area contributed by atoms with Crippen LogP contribution in [0.2, 0.25) is 0 Å². The summed E-state index contributed by atoms with van der Waals surface area (Å²) in [5.74, 6) is 0.158. The Morgan fingerprint density at radius 2 is 1.86 bits per heavy atom. The molecule has 2 aromatic rings. The van der Waals surface area contributed by atoms with Crippen molar-refractivity contribution in [3.8, 4) is 5.75 Å². The van der Waals surface area contributed by atoms with Crippen LogP contribution < -0.4 is 10.1 Å². The zero-order valence-corrected chi connectivity index (χ0v) is 13.1. The lowest BCUT2D eigenvalue weighted by Crippen LogP contribution is -2.18. The van der Waals surface area contributed by atoms with E-state index in [2.05, 4.69) is 38.1 Å². The number of alkyl halides is 2. The number of nitrogens with one attached hydrogen (secondary N) is 1. The molecule has 2 nitrogen and oxygen atoms in total. The fourth-order valence-corrected chi connectivity index (χ4v) is 2.34. The lowest BCUT2D eigenvalue weighted by molar-refractivity contribution is -0.0498. The monoisotopic (exact) mass is 355 g/mol. The third-order valence-corrected chi connectivity index (χ3v) is 3.46. The second kappa shape index (κ2) is 7.41. The van der Waals surface area contributed by atoms with Gasteiger partial charge >= 0.3 is 6.61 Å². The molecule has 0 aliphatic rings. The van der Waals surface area contributed by atoms with Gasteiger partial charge in [-0.1, -0.05) is 34.1 Å². The summed E-state index contributed by atoms with van der Waals surface area (Å²) in [5.41, 5.74) is 1.97. The van der Waals surface area contributed by atoms with E-state index in [-0.39, 0.29) is 11.8 Å². The van der Waals surface area contributed by atoms with Gasteiger partial charge in [0.1, 0.15) is 5.75 Å². The molecule has 21 heavy (non-hydrogen) atoms. The maximum atomic E-state index is 12.2. The maximum Gasteiger partial charge on any atom is 0.387 e. The molecule has 0 aliphatic heterocycles. The Balaban J connectivity index is 1.95. The first-order valence-electron chi connectivity index (χ1n) is 6.59. The Bertz CT molecular complexity index is 575. The Hall–Kier alpha value is -1.62. The van der Waals surface area contributed by atoms with Crippen molar-refractivity contribution in [1.29, 1.82) is 0 Å². The Kier molecular flexibility index (Phi) is 5.56. The number of anilines is 1. The van der Waals surface area contributed by atoms with Crippen LogP contribution in [0.3, 0.4) is 0 Å². The van der Waals surface area contributed by atoms with E-state index in [0.717, 1.165) is 16.6 Å². The van der Waals surface area contributed by atoms with E-state index < -0.39 is 6.61 Å². The van der Waals surface area contributed by atoms with Crippen LogP contribution in [-0.2, 0) is 6.42 Å². The SMILES string of the molecule is CC(Cc1ccc(Br)cc1)Nc1cccc(OC(F)F)c1. The number of benzene rings is 2. The smallest absolute Gasteiger partial charge is 0.387 e. The van der Waals surface area contributed by atoms with Crippen molar-refractivity contribution < 1.29 is 13.5 Å². The van der Waals surface area contributed by atoms with Crippen LogP contribution in [0.4, 0.5) is 14.5 Å². The first kappa shape index (κ1) is 15.8. The van der Waals surface area contributed by atoms with Crippen molar-refractivity contribution in [2.45, 2.75) is 26.0 Å². The highest BCUT2D eigenvalue weighted by Crippen LogP contribution is 2.20. The van der Waals surface area contributed by atoms with Crippen LogP contribution in [0.25, 0.3) is 0 Å². The average molecular weight is 356 g/mol. The molecule has 2 rings (SSSR count). The highest BCUT2D eigenvalue weighted by molar-refractivity contribution is 9.10. The van der Waals surface area contributed by atoms with Gasteiger partial charge in [0.15, 0.2) is 0 Å². The lowest BCUT2D eigenvalue weighted by atomic mass is 10.1. The molecule has 0 saturated heterocycles. The molecule has 0 saturated carbocycles. The third kappa shape index (κ3) is 5.34. The van der Waals surface area contributed by atoms with Crippen molar-refractivity contribution in [2.24, 2.45) is 0 Å². The highest BCUT2D eigenvalue weighted by atomic mass is 79.9. The molecule has 0 bridgehead atoms. The van der Waals surface area contributed by atoms with E-state index in [1.54, 1.807) is 12.1 Å². The minimum absolute atomic E-state index is 0.158. The maximum absolute atomic E-state index is 12.2. The van der Waals surface area contributed by atoms with Gasteiger partial charge in [-0.25, -0.2) is 0 Å². The summed E-state index contributed by atoms with van der Waals surface area (Å²) < 4.78 is 29.8.